The van der Waals surface area contributed by atoms with E-state index in [4.69, 9.17) is 17.3 Å². The van der Waals surface area contributed by atoms with Crippen molar-refractivity contribution in [3.8, 4) is 0 Å². The number of rotatable bonds is 7. The second kappa shape index (κ2) is 7.25. The molecule has 19 heavy (non-hydrogen) atoms. The molecule has 110 valence electrons. The zero-order chi connectivity index (χ0) is 14.6. The molecule has 0 radical (unpaired) electrons. The third-order valence-corrected chi connectivity index (χ3v) is 4.11. The van der Waals surface area contributed by atoms with E-state index < -0.39 is 6.17 Å². The van der Waals surface area contributed by atoms with Crippen LogP contribution in [-0.4, -0.2) is 22.5 Å². The third-order valence-electron chi connectivity index (χ3n) is 3.68. The van der Waals surface area contributed by atoms with E-state index >= 15 is 0 Å². The van der Waals surface area contributed by atoms with Gasteiger partial charge in [-0.2, -0.15) is 5.10 Å². The van der Waals surface area contributed by atoms with Gasteiger partial charge in [-0.1, -0.05) is 32.4 Å². The first kappa shape index (κ1) is 16.4. The van der Waals surface area contributed by atoms with E-state index in [0.717, 1.165) is 17.8 Å². The molecule has 1 aromatic rings. The highest BCUT2D eigenvalue weighted by Crippen LogP contribution is 2.27. The summed E-state index contributed by atoms with van der Waals surface area (Å²) in [6.07, 6.45) is 0.0780. The molecular weight excluding hydrogens is 265 g/mol. The van der Waals surface area contributed by atoms with Gasteiger partial charge >= 0.3 is 0 Å². The Balaban J connectivity index is 2.95. The zero-order valence-electron chi connectivity index (χ0n) is 12.3. The van der Waals surface area contributed by atoms with Gasteiger partial charge in [0.05, 0.1) is 16.4 Å². The van der Waals surface area contributed by atoms with Crippen LogP contribution >= 0.6 is 11.6 Å². The smallest absolute Gasteiger partial charge is 0.110 e. The molecular formula is C14H25ClFN3. The van der Waals surface area contributed by atoms with Crippen LogP contribution in [0.3, 0.4) is 0 Å². The number of nitrogens with two attached hydrogens (primary N) is 1. The minimum atomic E-state index is -0.978. The summed E-state index contributed by atoms with van der Waals surface area (Å²) >= 11 is 6.30. The molecule has 5 heteroatoms. The molecule has 0 fully saturated rings. The van der Waals surface area contributed by atoms with Crippen LogP contribution < -0.4 is 5.73 Å². The Labute approximate surface area is 120 Å². The van der Waals surface area contributed by atoms with Gasteiger partial charge in [0.25, 0.3) is 0 Å². The van der Waals surface area contributed by atoms with Crippen molar-refractivity contribution in [2.75, 3.05) is 6.54 Å². The van der Waals surface area contributed by atoms with E-state index in [-0.39, 0.29) is 11.8 Å². The Morgan fingerprint density at radius 2 is 2.00 bits per heavy atom. The Bertz CT molecular complexity index is 404. The predicted molar refractivity (Wildman–Crippen MR) is 78.3 cm³/mol. The predicted octanol–water partition coefficient (Wildman–Crippen LogP) is 3.23. The molecule has 1 rings (SSSR count). The number of hydrogen-bond donors (Lipinski definition) is 1. The Morgan fingerprint density at radius 3 is 2.42 bits per heavy atom. The molecule has 0 aromatic carbocycles. The van der Waals surface area contributed by atoms with Crippen molar-refractivity contribution in [2.45, 2.75) is 53.3 Å². The summed E-state index contributed by atoms with van der Waals surface area (Å²) in [4.78, 5) is 0. The lowest BCUT2D eigenvalue weighted by Gasteiger charge is -2.23. The Kier molecular flexibility index (Phi) is 6.27. The highest BCUT2D eigenvalue weighted by molar-refractivity contribution is 6.31. The Morgan fingerprint density at radius 1 is 1.37 bits per heavy atom. The molecule has 0 amide bonds. The maximum Gasteiger partial charge on any atom is 0.110 e. The molecule has 1 aromatic heterocycles. The summed E-state index contributed by atoms with van der Waals surface area (Å²) in [6, 6.07) is 0. The maximum atomic E-state index is 14.4. The normalized spacial score (nSPS) is 14.9. The first-order valence-corrected chi connectivity index (χ1v) is 7.42. The van der Waals surface area contributed by atoms with Crippen molar-refractivity contribution in [1.29, 1.82) is 0 Å². The number of halogens is 2. The lowest BCUT2D eigenvalue weighted by atomic mass is 9.89. The van der Waals surface area contributed by atoms with Crippen LogP contribution in [-0.2, 0) is 19.4 Å². The van der Waals surface area contributed by atoms with Crippen LogP contribution in [0.2, 0.25) is 5.02 Å². The molecule has 0 saturated carbocycles. The number of aryl methyl sites for hydroxylation is 2. The van der Waals surface area contributed by atoms with Crippen molar-refractivity contribution in [1.82, 2.24) is 9.78 Å². The molecule has 2 unspecified atom stereocenters. The number of alkyl halides is 1. The molecule has 2 atom stereocenters. The van der Waals surface area contributed by atoms with Gasteiger partial charge in [0.15, 0.2) is 0 Å². The van der Waals surface area contributed by atoms with Gasteiger partial charge in [-0.15, -0.1) is 0 Å². The van der Waals surface area contributed by atoms with Crippen LogP contribution in [0.25, 0.3) is 0 Å². The monoisotopic (exact) mass is 289 g/mol. The highest BCUT2D eigenvalue weighted by atomic mass is 35.5. The summed E-state index contributed by atoms with van der Waals surface area (Å²) in [5.41, 5.74) is 7.32. The van der Waals surface area contributed by atoms with Gasteiger partial charge in [0.1, 0.15) is 6.17 Å². The summed E-state index contributed by atoms with van der Waals surface area (Å²) < 4.78 is 16.2. The molecule has 3 nitrogen and oxygen atoms in total. The van der Waals surface area contributed by atoms with Gasteiger partial charge < -0.3 is 5.73 Å². The number of hydrogen-bond acceptors (Lipinski definition) is 2. The van der Waals surface area contributed by atoms with Crippen molar-refractivity contribution in [3.05, 3.63) is 16.4 Å². The number of nitrogens with zero attached hydrogens (tertiary/aromatic N) is 2. The zero-order valence-corrected chi connectivity index (χ0v) is 13.0. The van der Waals surface area contributed by atoms with E-state index in [2.05, 4.69) is 5.10 Å². The van der Waals surface area contributed by atoms with Crippen molar-refractivity contribution < 1.29 is 4.39 Å². The van der Waals surface area contributed by atoms with Gasteiger partial charge in [0.2, 0.25) is 0 Å². The van der Waals surface area contributed by atoms with Crippen LogP contribution in [0.15, 0.2) is 0 Å². The molecule has 0 aliphatic rings. The second-order valence-corrected chi connectivity index (χ2v) is 5.62. The highest BCUT2D eigenvalue weighted by Gasteiger charge is 2.26. The molecule has 1 heterocycles. The Hall–Kier alpha value is -0.610. The van der Waals surface area contributed by atoms with Crippen molar-refractivity contribution in [3.63, 3.8) is 0 Å². The average molecular weight is 290 g/mol. The van der Waals surface area contributed by atoms with Crippen molar-refractivity contribution in [2.24, 2.45) is 17.6 Å². The quantitative estimate of drug-likeness (QED) is 0.837. The summed E-state index contributed by atoms with van der Waals surface area (Å²) in [5.74, 6) is 0.0868. The molecule has 0 aliphatic heterocycles. The van der Waals surface area contributed by atoms with Gasteiger partial charge in [-0.05, 0) is 25.8 Å². The fourth-order valence-corrected chi connectivity index (χ4v) is 2.73. The van der Waals surface area contributed by atoms with Gasteiger partial charge in [-0.25, -0.2) is 4.39 Å². The molecule has 2 N–H and O–H groups in total. The van der Waals surface area contributed by atoms with E-state index in [1.165, 1.54) is 0 Å². The molecule has 0 saturated heterocycles. The van der Waals surface area contributed by atoms with Gasteiger partial charge in [-0.3, -0.25) is 4.68 Å². The molecule has 0 spiro atoms. The van der Waals surface area contributed by atoms with Gasteiger partial charge in [0, 0.05) is 18.9 Å². The van der Waals surface area contributed by atoms with E-state index in [1.807, 2.05) is 32.4 Å². The average Bonchev–Trinajstić information content (AvgIpc) is 2.66. The SMILES string of the molecule is CCc1nn(CC)c(CC(F)C(CN)C(C)C)c1Cl. The van der Waals surface area contributed by atoms with E-state index in [0.29, 0.717) is 24.5 Å². The lowest BCUT2D eigenvalue weighted by molar-refractivity contribution is 0.182. The molecule has 0 bridgehead atoms. The second-order valence-electron chi connectivity index (χ2n) is 5.24. The fourth-order valence-electron chi connectivity index (χ4n) is 2.39. The first-order chi connectivity index (χ1) is 8.96. The first-order valence-electron chi connectivity index (χ1n) is 7.04. The minimum Gasteiger partial charge on any atom is -0.330 e. The summed E-state index contributed by atoms with van der Waals surface area (Å²) in [6.45, 7) is 9.05. The maximum absolute atomic E-state index is 14.4. The standard InChI is InChI=1S/C14H25ClFN3/c1-5-12-14(15)13(19(6-2)18-12)7-11(16)10(8-17)9(3)4/h9-11H,5-8,17H2,1-4H3. The number of aromatic nitrogens is 2. The minimum absolute atomic E-state index is 0.138. The van der Waals surface area contributed by atoms with Crippen LogP contribution in [0.1, 0.15) is 39.1 Å². The third kappa shape index (κ3) is 3.69. The lowest BCUT2D eigenvalue weighted by Crippen LogP contribution is -2.31. The summed E-state index contributed by atoms with van der Waals surface area (Å²) in [5, 5.41) is 5.03. The topological polar surface area (TPSA) is 43.8 Å². The van der Waals surface area contributed by atoms with Crippen molar-refractivity contribution >= 4 is 11.6 Å². The van der Waals surface area contributed by atoms with E-state index in [1.54, 1.807) is 0 Å². The van der Waals surface area contributed by atoms with Crippen LogP contribution in [0.5, 0.6) is 0 Å². The van der Waals surface area contributed by atoms with Crippen LogP contribution in [0.4, 0.5) is 4.39 Å². The summed E-state index contributed by atoms with van der Waals surface area (Å²) in [7, 11) is 0. The van der Waals surface area contributed by atoms with E-state index in [9.17, 15) is 4.39 Å². The van der Waals surface area contributed by atoms with Crippen LogP contribution in [0, 0.1) is 11.8 Å². The molecule has 0 aliphatic carbocycles. The fraction of sp³-hybridized carbons (Fsp3) is 0.786. The largest absolute Gasteiger partial charge is 0.330 e.